The summed E-state index contributed by atoms with van der Waals surface area (Å²) >= 11 is 0. The van der Waals surface area contributed by atoms with Gasteiger partial charge in [0.1, 0.15) is 0 Å². The summed E-state index contributed by atoms with van der Waals surface area (Å²) in [5, 5.41) is 0. The molecule has 1 amide bonds. The summed E-state index contributed by atoms with van der Waals surface area (Å²) in [6.45, 7) is 11.3. The zero-order valence-electron chi connectivity index (χ0n) is 14.3. The summed E-state index contributed by atoms with van der Waals surface area (Å²) in [5.41, 5.74) is 0.949. The molecule has 0 bridgehead atoms. The summed E-state index contributed by atoms with van der Waals surface area (Å²) in [4.78, 5) is 25.8. The van der Waals surface area contributed by atoms with Gasteiger partial charge < -0.3 is 9.80 Å². The predicted molar refractivity (Wildman–Crippen MR) is 91.5 cm³/mol. The van der Waals surface area contributed by atoms with Gasteiger partial charge in [0.25, 0.3) is 5.91 Å². The van der Waals surface area contributed by atoms with E-state index in [1.54, 1.807) is 0 Å². The van der Waals surface area contributed by atoms with Gasteiger partial charge in [0.2, 0.25) is 5.96 Å². The second kappa shape index (κ2) is 8.42. The van der Waals surface area contributed by atoms with Crippen LogP contribution in [0.1, 0.15) is 52.9 Å². The lowest BCUT2D eigenvalue weighted by atomic mass is 9.95. The van der Waals surface area contributed by atoms with Crippen LogP contribution >= 0.6 is 0 Å². The molecular formula is C17H30N4O. The third-order valence-electron chi connectivity index (χ3n) is 4.74. The van der Waals surface area contributed by atoms with Crippen LogP contribution in [0.25, 0.3) is 0 Å². The van der Waals surface area contributed by atoms with Gasteiger partial charge in [-0.25, -0.2) is 4.99 Å². The Hall–Kier alpha value is -1.23. The van der Waals surface area contributed by atoms with Crippen LogP contribution in [0.5, 0.6) is 0 Å². The van der Waals surface area contributed by atoms with Crippen molar-refractivity contribution < 1.29 is 4.79 Å². The van der Waals surface area contributed by atoms with E-state index in [2.05, 4.69) is 33.6 Å². The molecule has 0 N–H and O–H groups in total. The zero-order chi connectivity index (χ0) is 15.9. The smallest absolute Gasteiger partial charge is 0.257 e. The topological polar surface area (TPSA) is 48.3 Å². The van der Waals surface area contributed by atoms with Crippen molar-refractivity contribution in [3.05, 3.63) is 0 Å². The summed E-state index contributed by atoms with van der Waals surface area (Å²) in [6.07, 6.45) is 5.65. The highest BCUT2D eigenvalue weighted by atomic mass is 16.1. The Kier molecular flexibility index (Phi) is 6.55. The Morgan fingerprint density at radius 3 is 2.36 bits per heavy atom. The molecule has 0 spiro atoms. The van der Waals surface area contributed by atoms with Crippen molar-refractivity contribution in [2.24, 2.45) is 15.9 Å². The van der Waals surface area contributed by atoms with Crippen LogP contribution in [0.4, 0.5) is 0 Å². The molecule has 0 aromatic rings. The largest absolute Gasteiger partial charge is 0.338 e. The van der Waals surface area contributed by atoms with Crippen molar-refractivity contribution in [1.82, 2.24) is 9.80 Å². The number of aliphatic imine (C=N–C) groups is 2. The molecule has 1 unspecified atom stereocenters. The maximum atomic E-state index is 12.3. The van der Waals surface area contributed by atoms with Gasteiger partial charge in [0.05, 0.1) is 5.92 Å². The van der Waals surface area contributed by atoms with Crippen LogP contribution in [0.15, 0.2) is 9.98 Å². The first-order valence-corrected chi connectivity index (χ1v) is 8.80. The lowest BCUT2D eigenvalue weighted by Crippen LogP contribution is -2.49. The van der Waals surface area contributed by atoms with E-state index in [-0.39, 0.29) is 11.8 Å². The van der Waals surface area contributed by atoms with E-state index in [4.69, 9.17) is 0 Å². The molecule has 0 saturated carbocycles. The summed E-state index contributed by atoms with van der Waals surface area (Å²) in [6, 6.07) is 0. The lowest BCUT2D eigenvalue weighted by molar-refractivity contribution is -0.120. The number of hydrogen-bond donors (Lipinski definition) is 0. The van der Waals surface area contributed by atoms with E-state index < -0.39 is 0 Å². The number of amides is 1. The van der Waals surface area contributed by atoms with Crippen molar-refractivity contribution in [3.8, 4) is 0 Å². The van der Waals surface area contributed by atoms with Gasteiger partial charge in [-0.15, -0.1) is 0 Å². The van der Waals surface area contributed by atoms with Crippen molar-refractivity contribution in [1.29, 1.82) is 0 Å². The number of rotatable bonds is 6. The minimum atomic E-state index is -0.0856. The van der Waals surface area contributed by atoms with E-state index >= 15 is 0 Å². The van der Waals surface area contributed by atoms with Crippen molar-refractivity contribution in [3.63, 3.8) is 0 Å². The van der Waals surface area contributed by atoms with Crippen LogP contribution in [0.2, 0.25) is 0 Å². The highest BCUT2D eigenvalue weighted by Gasteiger charge is 2.28. The molecule has 5 heteroatoms. The fourth-order valence-corrected chi connectivity index (χ4v) is 3.13. The van der Waals surface area contributed by atoms with E-state index in [0.717, 1.165) is 51.3 Å². The van der Waals surface area contributed by atoms with Crippen LogP contribution in [0, 0.1) is 5.92 Å². The van der Waals surface area contributed by atoms with Gasteiger partial charge >= 0.3 is 0 Å². The highest BCUT2D eigenvalue weighted by molar-refractivity contribution is 6.14. The molecule has 124 valence electrons. The van der Waals surface area contributed by atoms with Gasteiger partial charge in [-0.2, -0.15) is 4.99 Å². The second-order valence-electron chi connectivity index (χ2n) is 6.33. The number of piperazine rings is 1. The van der Waals surface area contributed by atoms with E-state index in [0.29, 0.717) is 5.96 Å². The summed E-state index contributed by atoms with van der Waals surface area (Å²) in [7, 11) is 0. The summed E-state index contributed by atoms with van der Waals surface area (Å²) < 4.78 is 0. The number of hydrogen-bond acceptors (Lipinski definition) is 4. The number of nitrogens with zero attached hydrogens (tertiary/aromatic N) is 4. The molecule has 0 aromatic heterocycles. The molecule has 0 aromatic carbocycles. The van der Waals surface area contributed by atoms with Gasteiger partial charge in [0, 0.05) is 31.9 Å². The molecule has 22 heavy (non-hydrogen) atoms. The normalized spacial score (nSPS) is 23.5. The Morgan fingerprint density at radius 2 is 1.77 bits per heavy atom. The molecule has 2 aliphatic rings. The SMILES string of the molecule is CCCCCCC1C(=O)N=C(N2CCN(CC)CC2)N=C1C. The number of likely N-dealkylation sites (N-methyl/N-ethyl adjacent to an activating group) is 1. The van der Waals surface area contributed by atoms with Crippen LogP contribution < -0.4 is 0 Å². The van der Waals surface area contributed by atoms with Gasteiger partial charge in [-0.1, -0.05) is 39.5 Å². The molecule has 2 rings (SSSR count). The van der Waals surface area contributed by atoms with Gasteiger partial charge in [0.15, 0.2) is 0 Å². The monoisotopic (exact) mass is 306 g/mol. The van der Waals surface area contributed by atoms with E-state index in [1.165, 1.54) is 19.3 Å². The van der Waals surface area contributed by atoms with E-state index in [9.17, 15) is 4.79 Å². The standard InChI is InChI=1S/C17H30N4O/c1-4-6-7-8-9-15-14(3)18-17(19-16(15)22)21-12-10-20(5-2)11-13-21/h15H,4-13H2,1-3H3. The number of guanidine groups is 1. The van der Waals surface area contributed by atoms with Crippen molar-refractivity contribution in [2.45, 2.75) is 52.9 Å². The minimum Gasteiger partial charge on any atom is -0.338 e. The van der Waals surface area contributed by atoms with Crippen LogP contribution in [0.3, 0.4) is 0 Å². The summed E-state index contributed by atoms with van der Waals surface area (Å²) in [5.74, 6) is 0.567. The van der Waals surface area contributed by atoms with Crippen LogP contribution in [-0.2, 0) is 4.79 Å². The van der Waals surface area contributed by atoms with Crippen molar-refractivity contribution in [2.75, 3.05) is 32.7 Å². The Balaban J connectivity index is 1.90. The number of carbonyl (C=O) groups is 1. The quantitative estimate of drug-likeness (QED) is 0.709. The molecule has 2 heterocycles. The second-order valence-corrected chi connectivity index (χ2v) is 6.33. The number of unbranched alkanes of at least 4 members (excludes halogenated alkanes) is 3. The van der Waals surface area contributed by atoms with Crippen LogP contribution in [-0.4, -0.2) is 60.1 Å². The van der Waals surface area contributed by atoms with E-state index in [1.807, 2.05) is 6.92 Å². The van der Waals surface area contributed by atoms with Gasteiger partial charge in [-0.3, -0.25) is 4.79 Å². The molecule has 0 aliphatic carbocycles. The molecule has 0 radical (unpaired) electrons. The molecule has 1 atom stereocenters. The molecule has 5 nitrogen and oxygen atoms in total. The average molecular weight is 306 g/mol. The zero-order valence-corrected chi connectivity index (χ0v) is 14.3. The molecule has 1 saturated heterocycles. The third-order valence-corrected chi connectivity index (χ3v) is 4.74. The lowest BCUT2D eigenvalue weighted by Gasteiger charge is -2.35. The maximum Gasteiger partial charge on any atom is 0.257 e. The van der Waals surface area contributed by atoms with Crippen molar-refractivity contribution >= 4 is 17.6 Å². The fraction of sp³-hybridized carbons (Fsp3) is 0.824. The first-order valence-electron chi connectivity index (χ1n) is 8.80. The Bertz CT molecular complexity index is 436. The first kappa shape index (κ1) is 17.1. The Labute approximate surface area is 134 Å². The predicted octanol–water partition coefficient (Wildman–Crippen LogP) is 2.57. The molecular weight excluding hydrogens is 276 g/mol. The minimum absolute atomic E-state index is 0.0110. The average Bonchev–Trinajstić information content (AvgIpc) is 2.53. The first-order chi connectivity index (χ1) is 10.7. The number of carbonyl (C=O) groups excluding carboxylic acids is 1. The van der Waals surface area contributed by atoms with Gasteiger partial charge in [-0.05, 0) is 19.9 Å². The Morgan fingerprint density at radius 1 is 1.05 bits per heavy atom. The molecule has 1 fully saturated rings. The maximum absolute atomic E-state index is 12.3. The molecule has 2 aliphatic heterocycles. The third kappa shape index (κ3) is 4.38. The highest BCUT2D eigenvalue weighted by Crippen LogP contribution is 2.19. The fourth-order valence-electron chi connectivity index (χ4n) is 3.13.